The van der Waals surface area contributed by atoms with E-state index in [0.29, 0.717) is 18.1 Å². The van der Waals surface area contributed by atoms with Gasteiger partial charge in [0, 0.05) is 6.92 Å². The molecule has 0 saturated carbocycles. The molecule has 1 aliphatic rings. The van der Waals surface area contributed by atoms with E-state index in [1.165, 1.54) is 6.92 Å². The standard InChI is InChI=1S/C29H32O8/c1-20(30)35-27-25(19-33-17-21-9-5-3-6-10-21)37-29(36-24-15-13-23(32-2)14-16-24)28(26(27)31)34-18-22-11-7-4-8-12-22/h3-16,25-29,31H,17-19H2,1-2H3/t25-,26+,27+,28-,29-/m1/s1. The van der Waals surface area contributed by atoms with Gasteiger partial charge in [-0.1, -0.05) is 60.7 Å². The fourth-order valence-electron chi connectivity index (χ4n) is 4.06. The van der Waals surface area contributed by atoms with Gasteiger partial charge in [0.2, 0.25) is 6.29 Å². The van der Waals surface area contributed by atoms with Crippen LogP contribution < -0.4 is 9.47 Å². The molecule has 3 aromatic carbocycles. The quantitative estimate of drug-likeness (QED) is 0.390. The van der Waals surface area contributed by atoms with Crippen molar-refractivity contribution in [3.8, 4) is 11.5 Å². The van der Waals surface area contributed by atoms with E-state index in [4.69, 9.17) is 28.4 Å². The van der Waals surface area contributed by atoms with E-state index < -0.39 is 36.7 Å². The van der Waals surface area contributed by atoms with Crippen LogP contribution >= 0.6 is 0 Å². The van der Waals surface area contributed by atoms with Crippen molar-refractivity contribution in [3.05, 3.63) is 96.1 Å². The highest BCUT2D eigenvalue weighted by atomic mass is 16.7. The molecule has 8 nitrogen and oxygen atoms in total. The SMILES string of the molecule is COc1ccc(O[C@@H]2O[C@H](COCc3ccccc3)[C@H](OC(C)=O)[C@H](O)[C@H]2OCc2ccccc2)cc1. The first kappa shape index (κ1) is 26.6. The zero-order valence-corrected chi connectivity index (χ0v) is 20.9. The molecular weight excluding hydrogens is 476 g/mol. The lowest BCUT2D eigenvalue weighted by molar-refractivity contribution is -0.294. The molecule has 1 saturated heterocycles. The summed E-state index contributed by atoms with van der Waals surface area (Å²) >= 11 is 0. The molecule has 8 heteroatoms. The third-order valence-corrected chi connectivity index (χ3v) is 5.91. The smallest absolute Gasteiger partial charge is 0.303 e. The van der Waals surface area contributed by atoms with Gasteiger partial charge in [0.05, 0.1) is 26.9 Å². The van der Waals surface area contributed by atoms with Crippen molar-refractivity contribution in [1.82, 2.24) is 0 Å². The van der Waals surface area contributed by atoms with Crippen LogP contribution in [0.5, 0.6) is 11.5 Å². The normalized spacial score (nSPS) is 23.3. The zero-order valence-electron chi connectivity index (χ0n) is 20.9. The molecule has 0 radical (unpaired) electrons. The van der Waals surface area contributed by atoms with E-state index in [-0.39, 0.29) is 13.2 Å². The molecule has 1 N–H and O–H groups in total. The summed E-state index contributed by atoms with van der Waals surface area (Å²) in [4.78, 5) is 11.9. The van der Waals surface area contributed by atoms with Gasteiger partial charge in [-0.25, -0.2) is 0 Å². The molecule has 5 atom stereocenters. The van der Waals surface area contributed by atoms with Gasteiger partial charge in [-0.3, -0.25) is 4.79 Å². The summed E-state index contributed by atoms with van der Waals surface area (Å²) in [6.45, 7) is 1.89. The molecule has 196 valence electrons. The predicted molar refractivity (Wildman–Crippen MR) is 135 cm³/mol. The zero-order chi connectivity index (χ0) is 26.0. The maximum absolute atomic E-state index is 11.9. The number of benzene rings is 3. The van der Waals surface area contributed by atoms with E-state index in [1.807, 2.05) is 60.7 Å². The minimum atomic E-state index is -1.23. The largest absolute Gasteiger partial charge is 0.497 e. The molecule has 0 aromatic heterocycles. The van der Waals surface area contributed by atoms with Crippen LogP contribution in [0.25, 0.3) is 0 Å². The van der Waals surface area contributed by atoms with Gasteiger partial charge >= 0.3 is 5.97 Å². The Labute approximate surface area is 216 Å². The van der Waals surface area contributed by atoms with Gasteiger partial charge in [0.15, 0.2) is 6.10 Å². The van der Waals surface area contributed by atoms with E-state index >= 15 is 0 Å². The Kier molecular flexibility index (Phi) is 9.51. The molecule has 0 spiro atoms. The average Bonchev–Trinajstić information content (AvgIpc) is 2.92. The first-order chi connectivity index (χ1) is 18.0. The Morgan fingerprint density at radius 1 is 0.838 bits per heavy atom. The Balaban J connectivity index is 1.52. The highest BCUT2D eigenvalue weighted by Crippen LogP contribution is 2.30. The second kappa shape index (κ2) is 13.2. The molecule has 1 aliphatic heterocycles. The molecular formula is C29H32O8. The summed E-state index contributed by atoms with van der Waals surface area (Å²) in [5.74, 6) is 0.633. The van der Waals surface area contributed by atoms with Crippen molar-refractivity contribution in [3.63, 3.8) is 0 Å². The van der Waals surface area contributed by atoms with E-state index in [2.05, 4.69) is 0 Å². The van der Waals surface area contributed by atoms with Crippen LogP contribution in [0.2, 0.25) is 0 Å². The molecule has 0 amide bonds. The lowest BCUT2D eigenvalue weighted by Gasteiger charge is -2.43. The van der Waals surface area contributed by atoms with Crippen molar-refractivity contribution in [1.29, 1.82) is 0 Å². The summed E-state index contributed by atoms with van der Waals surface area (Å²) in [7, 11) is 1.58. The van der Waals surface area contributed by atoms with Gasteiger partial charge < -0.3 is 33.5 Å². The molecule has 0 bridgehead atoms. The van der Waals surface area contributed by atoms with Gasteiger partial charge in [-0.15, -0.1) is 0 Å². The highest BCUT2D eigenvalue weighted by molar-refractivity contribution is 5.66. The molecule has 37 heavy (non-hydrogen) atoms. The van der Waals surface area contributed by atoms with Crippen LogP contribution in [0.15, 0.2) is 84.9 Å². The lowest BCUT2D eigenvalue weighted by atomic mass is 9.98. The highest BCUT2D eigenvalue weighted by Gasteiger charge is 2.49. The molecule has 0 unspecified atom stereocenters. The van der Waals surface area contributed by atoms with Crippen molar-refractivity contribution in [2.24, 2.45) is 0 Å². The molecule has 3 aromatic rings. The van der Waals surface area contributed by atoms with Crippen molar-refractivity contribution >= 4 is 5.97 Å². The second-order valence-electron chi connectivity index (χ2n) is 8.66. The Morgan fingerprint density at radius 2 is 1.43 bits per heavy atom. The van der Waals surface area contributed by atoms with Crippen LogP contribution in [-0.2, 0) is 37.0 Å². The van der Waals surface area contributed by atoms with E-state index in [9.17, 15) is 9.90 Å². The number of aliphatic hydroxyl groups is 1. The first-order valence-electron chi connectivity index (χ1n) is 12.1. The van der Waals surface area contributed by atoms with Crippen LogP contribution in [-0.4, -0.2) is 55.5 Å². The first-order valence-corrected chi connectivity index (χ1v) is 12.1. The van der Waals surface area contributed by atoms with E-state index in [1.54, 1.807) is 31.4 Å². The Morgan fingerprint density at radius 3 is 2.03 bits per heavy atom. The number of rotatable bonds is 11. The summed E-state index contributed by atoms with van der Waals surface area (Å²) in [5, 5.41) is 11.3. The van der Waals surface area contributed by atoms with Crippen LogP contribution in [0, 0.1) is 0 Å². The Bertz CT molecular complexity index is 1090. The van der Waals surface area contributed by atoms with Gasteiger partial charge in [-0.2, -0.15) is 0 Å². The molecule has 1 heterocycles. The van der Waals surface area contributed by atoms with Gasteiger partial charge in [-0.05, 0) is 35.4 Å². The Hall–Kier alpha value is -3.43. The number of methoxy groups -OCH3 is 1. The number of carbonyl (C=O) groups is 1. The third-order valence-electron chi connectivity index (χ3n) is 5.91. The predicted octanol–water partition coefficient (Wildman–Crippen LogP) is 3.89. The average molecular weight is 509 g/mol. The van der Waals surface area contributed by atoms with E-state index in [0.717, 1.165) is 11.1 Å². The summed E-state index contributed by atoms with van der Waals surface area (Å²) in [5.41, 5.74) is 1.90. The van der Waals surface area contributed by atoms with Crippen molar-refractivity contribution < 1.29 is 38.3 Å². The van der Waals surface area contributed by atoms with Crippen LogP contribution in [0.1, 0.15) is 18.1 Å². The minimum absolute atomic E-state index is 0.0672. The number of carbonyl (C=O) groups excluding carboxylic acids is 1. The fourth-order valence-corrected chi connectivity index (χ4v) is 4.06. The maximum atomic E-state index is 11.9. The number of hydrogen-bond donors (Lipinski definition) is 1. The molecule has 4 rings (SSSR count). The maximum Gasteiger partial charge on any atom is 0.303 e. The van der Waals surface area contributed by atoms with Gasteiger partial charge in [0.25, 0.3) is 0 Å². The number of ether oxygens (including phenoxy) is 6. The van der Waals surface area contributed by atoms with Crippen molar-refractivity contribution in [2.75, 3.05) is 13.7 Å². The topological polar surface area (TPSA) is 92.7 Å². The summed E-state index contributed by atoms with van der Waals surface area (Å²) in [6.07, 6.45) is -4.97. The van der Waals surface area contributed by atoms with Crippen LogP contribution in [0.4, 0.5) is 0 Å². The second-order valence-corrected chi connectivity index (χ2v) is 8.66. The van der Waals surface area contributed by atoms with Crippen molar-refractivity contribution in [2.45, 2.75) is 50.8 Å². The monoisotopic (exact) mass is 508 g/mol. The molecule has 0 aliphatic carbocycles. The molecule has 1 fully saturated rings. The number of hydrogen-bond acceptors (Lipinski definition) is 8. The fraction of sp³-hybridized carbons (Fsp3) is 0.345. The summed E-state index contributed by atoms with van der Waals surface area (Å²) < 4.78 is 35.0. The van der Waals surface area contributed by atoms with Gasteiger partial charge in [0.1, 0.15) is 29.8 Å². The number of aliphatic hydroxyl groups excluding tert-OH is 1. The number of esters is 1. The van der Waals surface area contributed by atoms with Crippen LogP contribution in [0.3, 0.4) is 0 Å². The lowest BCUT2D eigenvalue weighted by Crippen LogP contribution is -2.62. The minimum Gasteiger partial charge on any atom is -0.497 e. The summed E-state index contributed by atoms with van der Waals surface area (Å²) in [6, 6.07) is 26.2. The third kappa shape index (κ3) is 7.53.